The van der Waals surface area contributed by atoms with Gasteiger partial charge in [0, 0.05) is 35.5 Å². The van der Waals surface area contributed by atoms with Crippen molar-refractivity contribution in [2.24, 2.45) is 0 Å². The van der Waals surface area contributed by atoms with Crippen LogP contribution in [-0.4, -0.2) is 18.1 Å². The first-order valence-electron chi connectivity index (χ1n) is 8.54. The van der Waals surface area contributed by atoms with Gasteiger partial charge >= 0.3 is 0 Å². The largest absolute Gasteiger partial charge is 0.502 e. The van der Waals surface area contributed by atoms with Crippen LogP contribution in [0.5, 0.6) is 5.75 Å². The lowest BCUT2D eigenvalue weighted by Crippen LogP contribution is -2.17. The van der Waals surface area contributed by atoms with E-state index in [1.165, 1.54) is 12.3 Å². The van der Waals surface area contributed by atoms with E-state index >= 15 is 0 Å². The Balaban J connectivity index is 1.63. The fourth-order valence-corrected chi connectivity index (χ4v) is 2.42. The van der Waals surface area contributed by atoms with Crippen molar-refractivity contribution in [3.63, 3.8) is 0 Å². The van der Waals surface area contributed by atoms with Crippen LogP contribution in [0.15, 0.2) is 70.1 Å². The quantitative estimate of drug-likeness (QED) is 0.611. The van der Waals surface area contributed by atoms with Gasteiger partial charge < -0.3 is 20.2 Å². The van der Waals surface area contributed by atoms with Gasteiger partial charge in [-0.05, 0) is 48.5 Å². The van der Waals surface area contributed by atoms with E-state index in [9.17, 15) is 14.7 Å². The Hall–Kier alpha value is -3.98. The second-order valence-electron chi connectivity index (χ2n) is 5.89. The van der Waals surface area contributed by atoms with Crippen molar-refractivity contribution < 1.29 is 14.3 Å². The summed E-state index contributed by atoms with van der Waals surface area (Å²) in [4.78, 5) is 22.9. The van der Waals surface area contributed by atoms with Crippen LogP contribution in [0.2, 0.25) is 0 Å². The summed E-state index contributed by atoms with van der Waals surface area (Å²) in [5.74, 6) is 5.77. The number of carbonyl (C=O) groups is 1. The molecule has 0 atom stereocenters. The first-order chi connectivity index (χ1) is 13.6. The van der Waals surface area contributed by atoms with Crippen molar-refractivity contribution in [2.75, 3.05) is 12.4 Å². The Morgan fingerprint density at radius 1 is 1.00 bits per heavy atom. The molecule has 0 radical (unpaired) electrons. The molecule has 1 amide bonds. The zero-order valence-corrected chi connectivity index (χ0v) is 15.2. The van der Waals surface area contributed by atoms with Gasteiger partial charge in [0.2, 0.25) is 11.2 Å². The number of carbonyl (C=O) groups excluding carboxylic acids is 1. The Bertz CT molecular complexity index is 1090. The summed E-state index contributed by atoms with van der Waals surface area (Å²) in [6.45, 7) is 0.185. The summed E-state index contributed by atoms with van der Waals surface area (Å²) in [5.41, 5.74) is 2.55. The van der Waals surface area contributed by atoms with Gasteiger partial charge in [-0.3, -0.25) is 9.59 Å². The van der Waals surface area contributed by atoms with E-state index in [-0.39, 0.29) is 24.0 Å². The van der Waals surface area contributed by atoms with E-state index in [0.717, 1.165) is 16.8 Å². The van der Waals surface area contributed by atoms with E-state index in [2.05, 4.69) is 22.5 Å². The van der Waals surface area contributed by atoms with Crippen LogP contribution >= 0.6 is 0 Å². The van der Waals surface area contributed by atoms with Crippen LogP contribution in [-0.2, 0) is 6.54 Å². The zero-order valence-electron chi connectivity index (χ0n) is 15.2. The van der Waals surface area contributed by atoms with Crippen molar-refractivity contribution in [1.29, 1.82) is 0 Å². The minimum atomic E-state index is -0.475. The SMILES string of the molecule is CNC(=O)c1ccc(C#Cc2ccc(NCc3occc(=O)c3O)cc2)cc1. The smallest absolute Gasteiger partial charge is 0.251 e. The van der Waals surface area contributed by atoms with Gasteiger partial charge in [0.15, 0.2) is 5.76 Å². The highest BCUT2D eigenvalue weighted by atomic mass is 16.4. The molecule has 3 aromatic rings. The molecule has 2 aromatic carbocycles. The Kier molecular flexibility index (Phi) is 5.78. The van der Waals surface area contributed by atoms with Gasteiger partial charge in [-0.15, -0.1) is 0 Å². The molecule has 0 aliphatic rings. The predicted molar refractivity (Wildman–Crippen MR) is 106 cm³/mol. The Morgan fingerprint density at radius 3 is 2.21 bits per heavy atom. The lowest BCUT2D eigenvalue weighted by Gasteiger charge is -2.06. The number of benzene rings is 2. The molecule has 140 valence electrons. The second-order valence-corrected chi connectivity index (χ2v) is 5.89. The van der Waals surface area contributed by atoms with Crippen molar-refractivity contribution in [2.45, 2.75) is 6.54 Å². The highest BCUT2D eigenvalue weighted by Crippen LogP contribution is 2.15. The average Bonchev–Trinajstić information content (AvgIpc) is 2.74. The standard InChI is InChI=1S/C22H18N2O4/c1-23-22(27)17-8-4-15(5-9-17)2-3-16-6-10-18(11-7-16)24-14-20-21(26)19(25)12-13-28-20/h4-13,24,26H,14H2,1H3,(H,23,27). The summed E-state index contributed by atoms with van der Waals surface area (Å²) in [7, 11) is 1.59. The molecular formula is C22H18N2O4. The maximum absolute atomic E-state index is 11.5. The van der Waals surface area contributed by atoms with E-state index in [4.69, 9.17) is 4.42 Å². The van der Waals surface area contributed by atoms with Gasteiger partial charge in [-0.2, -0.15) is 0 Å². The van der Waals surface area contributed by atoms with Gasteiger partial charge in [0.1, 0.15) is 0 Å². The summed E-state index contributed by atoms with van der Waals surface area (Å²) in [5, 5.41) is 15.3. The van der Waals surface area contributed by atoms with E-state index in [1.807, 2.05) is 24.3 Å². The van der Waals surface area contributed by atoms with Gasteiger partial charge in [-0.25, -0.2) is 0 Å². The summed E-state index contributed by atoms with van der Waals surface area (Å²) in [6, 6.07) is 15.6. The second kappa shape index (κ2) is 8.60. The molecule has 28 heavy (non-hydrogen) atoms. The predicted octanol–water partition coefficient (Wildman–Crippen LogP) is 2.72. The zero-order chi connectivity index (χ0) is 19.9. The molecule has 0 bridgehead atoms. The number of amides is 1. The van der Waals surface area contributed by atoms with Crippen molar-refractivity contribution >= 4 is 11.6 Å². The molecule has 0 saturated heterocycles. The molecular weight excluding hydrogens is 356 g/mol. The molecule has 3 N–H and O–H groups in total. The lowest BCUT2D eigenvalue weighted by molar-refractivity contribution is 0.0963. The van der Waals surface area contributed by atoms with E-state index in [0.29, 0.717) is 5.56 Å². The van der Waals surface area contributed by atoms with Crippen LogP contribution < -0.4 is 16.1 Å². The third-order valence-corrected chi connectivity index (χ3v) is 3.99. The summed E-state index contributed by atoms with van der Waals surface area (Å²) in [6.07, 6.45) is 1.25. The molecule has 0 fully saturated rings. The minimum Gasteiger partial charge on any atom is -0.502 e. The van der Waals surface area contributed by atoms with Crippen LogP contribution in [0, 0.1) is 11.8 Å². The average molecular weight is 374 g/mol. The number of aromatic hydroxyl groups is 1. The first kappa shape index (κ1) is 18.8. The normalized spacial score (nSPS) is 9.89. The number of rotatable bonds is 4. The fraction of sp³-hybridized carbons (Fsp3) is 0.0909. The topological polar surface area (TPSA) is 91.6 Å². The molecule has 3 rings (SSSR count). The molecule has 0 aliphatic heterocycles. The molecule has 6 heteroatoms. The van der Waals surface area contributed by atoms with Crippen LogP contribution in [0.4, 0.5) is 5.69 Å². The molecule has 1 heterocycles. The van der Waals surface area contributed by atoms with Crippen molar-refractivity contribution in [1.82, 2.24) is 5.32 Å². The van der Waals surface area contributed by atoms with Crippen molar-refractivity contribution in [3.8, 4) is 17.6 Å². The highest BCUT2D eigenvalue weighted by Gasteiger charge is 2.07. The summed E-state index contributed by atoms with van der Waals surface area (Å²) < 4.78 is 5.14. The third-order valence-electron chi connectivity index (χ3n) is 3.99. The monoisotopic (exact) mass is 374 g/mol. The Morgan fingerprint density at radius 2 is 1.61 bits per heavy atom. The number of hydrogen-bond acceptors (Lipinski definition) is 5. The lowest BCUT2D eigenvalue weighted by atomic mass is 10.1. The van der Waals surface area contributed by atoms with Crippen LogP contribution in [0.1, 0.15) is 27.2 Å². The van der Waals surface area contributed by atoms with Crippen molar-refractivity contribution in [3.05, 3.63) is 93.5 Å². The van der Waals surface area contributed by atoms with E-state index < -0.39 is 5.43 Å². The molecule has 1 aromatic heterocycles. The highest BCUT2D eigenvalue weighted by molar-refractivity contribution is 5.94. The molecule has 0 unspecified atom stereocenters. The third kappa shape index (κ3) is 4.59. The maximum atomic E-state index is 11.5. The summed E-state index contributed by atoms with van der Waals surface area (Å²) >= 11 is 0. The number of anilines is 1. The van der Waals surface area contributed by atoms with Gasteiger partial charge in [0.25, 0.3) is 5.91 Å². The van der Waals surface area contributed by atoms with Gasteiger partial charge in [-0.1, -0.05) is 11.8 Å². The first-order valence-corrected chi connectivity index (χ1v) is 8.54. The minimum absolute atomic E-state index is 0.134. The maximum Gasteiger partial charge on any atom is 0.251 e. The molecule has 0 saturated carbocycles. The molecule has 0 aliphatic carbocycles. The van der Waals surface area contributed by atoms with Crippen LogP contribution in [0.3, 0.4) is 0 Å². The van der Waals surface area contributed by atoms with Crippen LogP contribution in [0.25, 0.3) is 0 Å². The van der Waals surface area contributed by atoms with Gasteiger partial charge in [0.05, 0.1) is 12.8 Å². The van der Waals surface area contributed by atoms with E-state index in [1.54, 1.807) is 31.3 Å². The number of nitrogens with one attached hydrogen (secondary N) is 2. The molecule has 0 spiro atoms. The Labute approximate surface area is 161 Å². The molecule has 6 nitrogen and oxygen atoms in total. The number of hydrogen-bond donors (Lipinski definition) is 3. The fourth-order valence-electron chi connectivity index (χ4n) is 2.42.